The van der Waals surface area contributed by atoms with Crippen LogP contribution in [0.3, 0.4) is 0 Å². The summed E-state index contributed by atoms with van der Waals surface area (Å²) in [6, 6.07) is 0. The Bertz CT molecular complexity index is 1480. The van der Waals surface area contributed by atoms with E-state index in [1.54, 1.807) is 0 Å². The molecule has 382 valence electrons. The Morgan fingerprint density at radius 3 is 1.03 bits per heavy atom. The van der Waals surface area contributed by atoms with E-state index in [9.17, 15) is 9.59 Å². The smallest absolute Gasteiger partial charge is 0.306 e. The zero-order valence-corrected chi connectivity index (χ0v) is 43.8. The number of allylic oxidation sites excluding steroid dienone is 24. The third-order valence-corrected chi connectivity index (χ3v) is 10.9. The van der Waals surface area contributed by atoms with Gasteiger partial charge in [-0.3, -0.25) is 9.59 Å². The third-order valence-electron chi connectivity index (χ3n) is 10.9. The molecule has 68 heavy (non-hydrogen) atoms. The standard InChI is InChI=1S/C63H100O5/c1-4-7-10-13-16-19-22-25-28-31-34-37-40-43-46-49-52-55-58-66-59-61(68-63(65)57-54-51-48-45-42-39-36-33-30-27-24-21-18-15-12-9-6-3)60-67-62(64)56-53-50-47-44-41-38-35-32-29-26-23-20-17-14-11-8-5-2/h7-12,16-21,25-30,35-36,38-39,44,47,61H,4-6,13-15,22-24,31-34,37,40-43,45-46,48-60H2,1-3H3/b10-7-,11-8-,12-9-,19-16-,20-17-,21-18-,28-25-,29-26-,30-27-,38-35-,39-36-,47-44-. The second-order valence-corrected chi connectivity index (χ2v) is 17.3. The number of ether oxygens (including phenoxy) is 3. The third kappa shape index (κ3) is 54.4. The average molecular weight is 937 g/mol. The van der Waals surface area contributed by atoms with Gasteiger partial charge < -0.3 is 14.2 Å². The van der Waals surface area contributed by atoms with E-state index in [4.69, 9.17) is 14.2 Å². The number of hydrogen-bond acceptors (Lipinski definition) is 5. The van der Waals surface area contributed by atoms with Gasteiger partial charge in [-0.25, -0.2) is 0 Å². The molecule has 0 saturated carbocycles. The van der Waals surface area contributed by atoms with E-state index in [1.165, 1.54) is 44.9 Å². The number of hydrogen-bond donors (Lipinski definition) is 0. The van der Waals surface area contributed by atoms with Crippen molar-refractivity contribution in [3.63, 3.8) is 0 Å². The predicted octanol–water partition coefficient (Wildman–Crippen LogP) is 18.9. The van der Waals surface area contributed by atoms with Crippen molar-refractivity contribution >= 4 is 11.9 Å². The number of esters is 2. The highest BCUT2D eigenvalue weighted by atomic mass is 16.6. The summed E-state index contributed by atoms with van der Waals surface area (Å²) in [6.45, 7) is 7.37. The summed E-state index contributed by atoms with van der Waals surface area (Å²) < 4.78 is 17.4. The van der Waals surface area contributed by atoms with Crippen LogP contribution in [0, 0.1) is 0 Å². The van der Waals surface area contributed by atoms with Gasteiger partial charge in [0.1, 0.15) is 6.61 Å². The number of carbonyl (C=O) groups is 2. The van der Waals surface area contributed by atoms with Crippen molar-refractivity contribution in [2.24, 2.45) is 0 Å². The van der Waals surface area contributed by atoms with Crippen molar-refractivity contribution in [1.29, 1.82) is 0 Å². The Balaban J connectivity index is 4.46. The summed E-state index contributed by atoms with van der Waals surface area (Å²) in [6.07, 6.45) is 83.0. The SMILES string of the molecule is CC/C=C\C/C=C\C/C=C\C/C=C\C/C=C\CCCC(=O)OCC(COCCCCCCCCCC/C=C\C/C=C\C/C=C\CC)OC(=O)CCCCCC/C=C\C/C=C\C/C=C\C/C=C\CC. The highest BCUT2D eigenvalue weighted by Gasteiger charge is 2.17. The highest BCUT2D eigenvalue weighted by molar-refractivity contribution is 5.70. The van der Waals surface area contributed by atoms with E-state index < -0.39 is 6.10 Å². The lowest BCUT2D eigenvalue weighted by molar-refractivity contribution is -0.163. The predicted molar refractivity (Wildman–Crippen MR) is 297 cm³/mol. The van der Waals surface area contributed by atoms with Crippen LogP contribution >= 0.6 is 0 Å². The van der Waals surface area contributed by atoms with Crippen LogP contribution in [0.2, 0.25) is 0 Å². The minimum atomic E-state index is -0.588. The molecule has 0 N–H and O–H groups in total. The Morgan fingerprint density at radius 2 is 0.632 bits per heavy atom. The van der Waals surface area contributed by atoms with Crippen LogP contribution in [-0.4, -0.2) is 37.9 Å². The van der Waals surface area contributed by atoms with Crippen molar-refractivity contribution in [1.82, 2.24) is 0 Å². The fourth-order valence-corrected chi connectivity index (χ4v) is 6.90. The van der Waals surface area contributed by atoms with E-state index in [0.717, 1.165) is 135 Å². The molecule has 0 amide bonds. The van der Waals surface area contributed by atoms with Gasteiger partial charge in [-0.05, 0) is 128 Å². The summed E-state index contributed by atoms with van der Waals surface area (Å²) in [5.74, 6) is -0.506. The van der Waals surface area contributed by atoms with Crippen molar-refractivity contribution in [2.75, 3.05) is 19.8 Å². The first-order chi connectivity index (χ1) is 33.6. The normalized spacial score (nSPS) is 13.4. The molecule has 0 aliphatic rings. The summed E-state index contributed by atoms with van der Waals surface area (Å²) >= 11 is 0. The fraction of sp³-hybridized carbons (Fsp3) is 0.587. The maximum absolute atomic E-state index is 12.8. The van der Waals surface area contributed by atoms with Crippen molar-refractivity contribution in [2.45, 2.75) is 219 Å². The first-order valence-corrected chi connectivity index (χ1v) is 27.4. The summed E-state index contributed by atoms with van der Waals surface area (Å²) in [5, 5.41) is 0. The zero-order valence-electron chi connectivity index (χ0n) is 43.8. The monoisotopic (exact) mass is 937 g/mol. The molecule has 0 aromatic rings. The number of rotatable bonds is 48. The van der Waals surface area contributed by atoms with Gasteiger partial charge in [-0.2, -0.15) is 0 Å². The summed E-state index contributed by atoms with van der Waals surface area (Å²) in [4.78, 5) is 25.5. The average Bonchev–Trinajstić information content (AvgIpc) is 3.34. The summed E-state index contributed by atoms with van der Waals surface area (Å²) in [5.41, 5.74) is 0. The lowest BCUT2D eigenvalue weighted by atomic mass is 10.1. The number of carbonyl (C=O) groups excluding carboxylic acids is 2. The molecule has 0 heterocycles. The van der Waals surface area contributed by atoms with Crippen LogP contribution in [0.4, 0.5) is 0 Å². The largest absolute Gasteiger partial charge is 0.462 e. The molecule has 0 saturated heterocycles. The van der Waals surface area contributed by atoms with E-state index in [0.29, 0.717) is 19.4 Å². The molecule has 0 aromatic heterocycles. The summed E-state index contributed by atoms with van der Waals surface area (Å²) in [7, 11) is 0. The van der Waals surface area contributed by atoms with Gasteiger partial charge in [0.2, 0.25) is 0 Å². The molecule has 5 heteroatoms. The van der Waals surface area contributed by atoms with Crippen LogP contribution in [0.25, 0.3) is 0 Å². The molecule has 1 unspecified atom stereocenters. The number of unbranched alkanes of at least 4 members (excludes halogenated alkanes) is 13. The van der Waals surface area contributed by atoms with Gasteiger partial charge in [0, 0.05) is 19.4 Å². The fourth-order valence-electron chi connectivity index (χ4n) is 6.90. The molecule has 0 fully saturated rings. The molecule has 0 aromatic carbocycles. The van der Waals surface area contributed by atoms with Gasteiger partial charge in [0.25, 0.3) is 0 Å². The maximum atomic E-state index is 12.8. The van der Waals surface area contributed by atoms with Gasteiger partial charge >= 0.3 is 11.9 Å². The lowest BCUT2D eigenvalue weighted by Crippen LogP contribution is -2.30. The molecule has 0 aliphatic carbocycles. The lowest BCUT2D eigenvalue weighted by Gasteiger charge is -2.18. The minimum Gasteiger partial charge on any atom is -0.462 e. The Morgan fingerprint density at radius 1 is 0.324 bits per heavy atom. The molecular formula is C63H100O5. The first kappa shape index (κ1) is 63.8. The van der Waals surface area contributed by atoms with Crippen LogP contribution in [0.5, 0.6) is 0 Å². The molecule has 0 radical (unpaired) electrons. The van der Waals surface area contributed by atoms with E-state index in [1.807, 2.05) is 0 Å². The van der Waals surface area contributed by atoms with Crippen molar-refractivity contribution in [3.8, 4) is 0 Å². The van der Waals surface area contributed by atoms with Crippen LogP contribution in [0.15, 0.2) is 146 Å². The molecular weight excluding hydrogens is 837 g/mol. The Hall–Kier alpha value is -4.22. The second kappa shape index (κ2) is 57.1. The minimum absolute atomic E-state index is 0.0326. The zero-order chi connectivity index (χ0) is 49.2. The topological polar surface area (TPSA) is 61.8 Å². The van der Waals surface area contributed by atoms with Crippen LogP contribution in [0.1, 0.15) is 213 Å². The first-order valence-electron chi connectivity index (χ1n) is 27.4. The molecule has 0 spiro atoms. The Kier molecular flexibility index (Phi) is 53.6. The van der Waals surface area contributed by atoms with Crippen molar-refractivity contribution < 1.29 is 23.8 Å². The van der Waals surface area contributed by atoms with Gasteiger partial charge in [-0.15, -0.1) is 0 Å². The van der Waals surface area contributed by atoms with Crippen LogP contribution < -0.4 is 0 Å². The molecule has 0 aliphatic heterocycles. The molecule has 1 atom stereocenters. The Labute approximate surface area is 419 Å². The van der Waals surface area contributed by atoms with E-state index in [2.05, 4.69) is 167 Å². The van der Waals surface area contributed by atoms with Crippen LogP contribution in [-0.2, 0) is 23.8 Å². The molecule has 5 nitrogen and oxygen atoms in total. The molecule has 0 bridgehead atoms. The maximum Gasteiger partial charge on any atom is 0.306 e. The molecule has 0 rings (SSSR count). The van der Waals surface area contributed by atoms with Crippen molar-refractivity contribution in [3.05, 3.63) is 146 Å². The quantitative estimate of drug-likeness (QED) is 0.0346. The highest BCUT2D eigenvalue weighted by Crippen LogP contribution is 2.12. The second-order valence-electron chi connectivity index (χ2n) is 17.3. The van der Waals surface area contributed by atoms with Gasteiger partial charge in [0.05, 0.1) is 6.61 Å². The van der Waals surface area contributed by atoms with E-state index >= 15 is 0 Å². The van der Waals surface area contributed by atoms with Gasteiger partial charge in [0.15, 0.2) is 6.10 Å². The van der Waals surface area contributed by atoms with E-state index in [-0.39, 0.29) is 25.2 Å². The van der Waals surface area contributed by atoms with Gasteiger partial charge in [-0.1, -0.05) is 218 Å².